The Bertz CT molecular complexity index is 826. The zero-order chi connectivity index (χ0) is 23.1. The van der Waals surface area contributed by atoms with Crippen LogP contribution in [0.5, 0.6) is 5.75 Å². The first kappa shape index (κ1) is 24.4. The van der Waals surface area contributed by atoms with E-state index in [1.165, 1.54) is 6.92 Å². The van der Waals surface area contributed by atoms with E-state index in [0.717, 1.165) is 20.8 Å². The van der Waals surface area contributed by atoms with Gasteiger partial charge in [-0.05, 0) is 12.1 Å². The van der Waals surface area contributed by atoms with E-state index in [1.807, 2.05) is 0 Å². The Morgan fingerprint density at radius 3 is 1.94 bits per heavy atom. The average Bonchev–Trinajstić information content (AvgIpc) is 2.65. The molecule has 2 rings (SSSR count). The minimum Gasteiger partial charge on any atom is -0.463 e. The fourth-order valence-electron chi connectivity index (χ4n) is 2.95. The summed E-state index contributed by atoms with van der Waals surface area (Å²) in [6, 6.07) is 6.47. The van der Waals surface area contributed by atoms with Crippen LogP contribution in [0.15, 0.2) is 24.3 Å². The quantitative estimate of drug-likeness (QED) is 0.441. The van der Waals surface area contributed by atoms with Crippen LogP contribution in [-0.4, -0.2) is 61.2 Å². The topological polar surface area (TPSA) is 124 Å². The van der Waals surface area contributed by atoms with Gasteiger partial charge in [0, 0.05) is 27.7 Å². The van der Waals surface area contributed by atoms with Crippen molar-refractivity contribution in [2.45, 2.75) is 58.4 Å². The van der Waals surface area contributed by atoms with E-state index in [0.29, 0.717) is 0 Å². The van der Waals surface area contributed by atoms with Crippen molar-refractivity contribution in [2.24, 2.45) is 0 Å². The molecule has 1 aliphatic heterocycles. The molecule has 0 unspecified atom stereocenters. The molecule has 10 nitrogen and oxygen atoms in total. The highest BCUT2D eigenvalue weighted by Crippen LogP contribution is 2.33. The lowest BCUT2D eigenvalue weighted by Crippen LogP contribution is -2.63. The fraction of sp³-hybridized carbons (Fsp3) is 0.500. The Morgan fingerprint density at radius 1 is 0.839 bits per heavy atom. The number of hydrogen-bond donors (Lipinski definition) is 0. The molecule has 0 N–H and O–H groups in total. The lowest BCUT2D eigenvalue weighted by Gasteiger charge is -2.43. The van der Waals surface area contributed by atoms with E-state index >= 15 is 0 Å². The molecular weight excluding hydrogens is 436 g/mol. The molecular formula is C20H23ClO10. The van der Waals surface area contributed by atoms with Gasteiger partial charge < -0.3 is 28.4 Å². The molecule has 0 bridgehead atoms. The normalized spacial score (nSPS) is 25.1. The van der Waals surface area contributed by atoms with Crippen molar-refractivity contribution in [3.05, 3.63) is 29.3 Å². The van der Waals surface area contributed by atoms with Gasteiger partial charge >= 0.3 is 23.9 Å². The van der Waals surface area contributed by atoms with Gasteiger partial charge in [0.1, 0.15) is 18.5 Å². The monoisotopic (exact) mass is 458 g/mol. The molecule has 1 fully saturated rings. The Labute approximate surface area is 183 Å². The minimum absolute atomic E-state index is 0.199. The molecule has 1 saturated heterocycles. The highest BCUT2D eigenvalue weighted by Gasteiger charge is 2.53. The second kappa shape index (κ2) is 11.0. The lowest BCUT2D eigenvalue weighted by atomic mass is 9.98. The molecule has 0 aromatic heterocycles. The average molecular weight is 459 g/mol. The largest absolute Gasteiger partial charge is 0.463 e. The van der Waals surface area contributed by atoms with Gasteiger partial charge in [0.05, 0.1) is 5.02 Å². The number of hydrogen-bond acceptors (Lipinski definition) is 10. The Balaban J connectivity index is 2.46. The first-order chi connectivity index (χ1) is 14.6. The molecule has 0 spiro atoms. The van der Waals surface area contributed by atoms with Crippen LogP contribution in [0, 0.1) is 0 Å². The van der Waals surface area contributed by atoms with E-state index in [2.05, 4.69) is 0 Å². The maximum atomic E-state index is 11.8. The van der Waals surface area contributed by atoms with Crippen LogP contribution in [-0.2, 0) is 42.9 Å². The van der Waals surface area contributed by atoms with E-state index in [-0.39, 0.29) is 17.4 Å². The Kier molecular flexibility index (Phi) is 8.64. The Hall–Kier alpha value is -2.85. The highest BCUT2D eigenvalue weighted by atomic mass is 35.5. The van der Waals surface area contributed by atoms with Crippen LogP contribution in [0.1, 0.15) is 27.7 Å². The van der Waals surface area contributed by atoms with Gasteiger partial charge in [-0.3, -0.25) is 19.2 Å². The summed E-state index contributed by atoms with van der Waals surface area (Å²) in [7, 11) is 0. The first-order valence-electron chi connectivity index (χ1n) is 9.30. The van der Waals surface area contributed by atoms with Crippen LogP contribution in [0.25, 0.3) is 0 Å². The number of carbonyl (C=O) groups is 4. The lowest BCUT2D eigenvalue weighted by molar-refractivity contribution is -0.288. The molecule has 0 aliphatic carbocycles. The number of benzene rings is 1. The summed E-state index contributed by atoms with van der Waals surface area (Å²) in [4.78, 5) is 46.5. The summed E-state index contributed by atoms with van der Waals surface area (Å²) in [6.07, 6.45) is -6.32. The summed E-state index contributed by atoms with van der Waals surface area (Å²) < 4.78 is 32.5. The first-order valence-corrected chi connectivity index (χ1v) is 9.68. The SMILES string of the molecule is CC(=O)OC[C@@H]1O[C@@H](Oc2ccccc2Cl)[C@@H](OC(C)=O)[C@@H](OC(C)=O)[C@H]1OC(C)=O. The van der Waals surface area contributed by atoms with Crippen molar-refractivity contribution < 1.29 is 47.6 Å². The highest BCUT2D eigenvalue weighted by molar-refractivity contribution is 6.32. The van der Waals surface area contributed by atoms with Gasteiger partial charge in [-0.25, -0.2) is 0 Å². The number of carbonyl (C=O) groups excluding carboxylic acids is 4. The zero-order valence-electron chi connectivity index (χ0n) is 17.4. The van der Waals surface area contributed by atoms with Crippen molar-refractivity contribution in [3.8, 4) is 5.75 Å². The predicted octanol–water partition coefficient (Wildman–Crippen LogP) is 1.80. The summed E-state index contributed by atoms with van der Waals surface area (Å²) in [5, 5.41) is 0.246. The minimum atomic E-state index is -1.33. The molecule has 0 radical (unpaired) electrons. The predicted molar refractivity (Wildman–Crippen MR) is 104 cm³/mol. The summed E-state index contributed by atoms with van der Waals surface area (Å²) in [5.41, 5.74) is 0. The van der Waals surface area contributed by atoms with Gasteiger partial charge in [0.25, 0.3) is 0 Å². The Morgan fingerprint density at radius 2 is 1.39 bits per heavy atom. The maximum Gasteiger partial charge on any atom is 0.303 e. The van der Waals surface area contributed by atoms with Crippen molar-refractivity contribution in [1.29, 1.82) is 0 Å². The third-order valence-corrected chi connectivity index (χ3v) is 4.34. The molecule has 1 heterocycles. The third kappa shape index (κ3) is 7.11. The maximum absolute atomic E-state index is 11.8. The second-order valence-electron chi connectivity index (χ2n) is 6.62. The number of para-hydroxylation sites is 1. The van der Waals surface area contributed by atoms with Crippen molar-refractivity contribution in [3.63, 3.8) is 0 Å². The molecule has 170 valence electrons. The van der Waals surface area contributed by atoms with Gasteiger partial charge in [0.15, 0.2) is 12.2 Å². The molecule has 1 aromatic carbocycles. The van der Waals surface area contributed by atoms with E-state index in [9.17, 15) is 19.2 Å². The zero-order valence-corrected chi connectivity index (χ0v) is 18.1. The van der Waals surface area contributed by atoms with Gasteiger partial charge in [-0.15, -0.1) is 0 Å². The van der Waals surface area contributed by atoms with Crippen LogP contribution in [0.2, 0.25) is 5.02 Å². The molecule has 31 heavy (non-hydrogen) atoms. The molecule has 1 aliphatic rings. The van der Waals surface area contributed by atoms with Crippen molar-refractivity contribution in [1.82, 2.24) is 0 Å². The molecule has 0 amide bonds. The summed E-state index contributed by atoms with van der Waals surface area (Å²) in [6.45, 7) is 4.26. The molecule has 0 saturated carbocycles. The smallest absolute Gasteiger partial charge is 0.303 e. The standard InChI is InChI=1S/C20H23ClO10/c1-10(22)26-9-16-17(27-11(2)23)18(28-12(3)24)19(29-13(4)25)20(31-16)30-15-8-6-5-7-14(15)21/h5-8,16-20H,9H2,1-4H3/t16-,17-,18-,19-,20+/m0/s1. The molecule has 5 atom stereocenters. The van der Waals surface area contributed by atoms with Crippen LogP contribution < -0.4 is 4.74 Å². The second-order valence-corrected chi connectivity index (χ2v) is 7.02. The fourth-order valence-corrected chi connectivity index (χ4v) is 3.13. The van der Waals surface area contributed by atoms with Gasteiger partial charge in [-0.2, -0.15) is 0 Å². The number of ether oxygens (including phenoxy) is 6. The van der Waals surface area contributed by atoms with Gasteiger partial charge in [-0.1, -0.05) is 23.7 Å². The summed E-state index contributed by atoms with van der Waals surface area (Å²) in [5.74, 6) is -2.59. The van der Waals surface area contributed by atoms with Crippen LogP contribution in [0.3, 0.4) is 0 Å². The molecule has 1 aromatic rings. The van der Waals surface area contributed by atoms with Gasteiger partial charge in [0.2, 0.25) is 12.4 Å². The van der Waals surface area contributed by atoms with Crippen LogP contribution in [0.4, 0.5) is 0 Å². The van der Waals surface area contributed by atoms with Crippen molar-refractivity contribution in [2.75, 3.05) is 6.61 Å². The number of halogens is 1. The number of rotatable bonds is 7. The van der Waals surface area contributed by atoms with E-state index < -0.39 is 54.6 Å². The van der Waals surface area contributed by atoms with Crippen LogP contribution >= 0.6 is 11.6 Å². The molecule has 11 heteroatoms. The van der Waals surface area contributed by atoms with E-state index in [1.54, 1.807) is 24.3 Å². The van der Waals surface area contributed by atoms with E-state index in [4.69, 9.17) is 40.0 Å². The van der Waals surface area contributed by atoms with Crippen molar-refractivity contribution >= 4 is 35.5 Å². The summed E-state index contributed by atoms with van der Waals surface area (Å²) >= 11 is 6.14. The third-order valence-electron chi connectivity index (χ3n) is 4.03. The number of esters is 4.